The largest absolute Gasteiger partial charge is 0.496 e. The minimum atomic E-state index is -0.304. The van der Waals surface area contributed by atoms with Gasteiger partial charge in [0, 0.05) is 5.02 Å². The fraction of sp³-hybridized carbons (Fsp3) is 0.273. The van der Waals surface area contributed by atoms with Crippen molar-refractivity contribution in [3.63, 3.8) is 0 Å². The lowest BCUT2D eigenvalue weighted by Gasteiger charge is -2.04. The monoisotopic (exact) mass is 253 g/mol. The number of halogens is 1. The molecule has 0 bridgehead atoms. The quantitative estimate of drug-likeness (QED) is 0.909. The Hall–Kier alpha value is -1.59. The molecule has 0 radical (unpaired) electrons. The van der Waals surface area contributed by atoms with Crippen LogP contribution in [0.4, 0.5) is 0 Å². The maximum absolute atomic E-state index is 5.92. The van der Waals surface area contributed by atoms with Crippen LogP contribution in [-0.2, 0) is 0 Å². The van der Waals surface area contributed by atoms with Crippen LogP contribution in [0.3, 0.4) is 0 Å². The highest BCUT2D eigenvalue weighted by molar-refractivity contribution is 6.30. The molecule has 2 aromatic rings. The molecule has 1 aromatic carbocycles. The van der Waals surface area contributed by atoms with E-state index in [2.05, 4.69) is 10.2 Å². The SMILES string of the molecule is COc1ccc(Cl)cc1-c1nnc(C(C)N)o1. The summed E-state index contributed by atoms with van der Waals surface area (Å²) in [5, 5.41) is 8.35. The Bertz CT molecular complexity index is 525. The molecule has 1 aromatic heterocycles. The van der Waals surface area contributed by atoms with Crippen LogP contribution in [0.1, 0.15) is 18.9 Å². The van der Waals surface area contributed by atoms with Gasteiger partial charge in [-0.3, -0.25) is 0 Å². The number of nitrogens with two attached hydrogens (primary N) is 1. The van der Waals surface area contributed by atoms with Gasteiger partial charge in [-0.1, -0.05) is 11.6 Å². The molecule has 2 N–H and O–H groups in total. The highest BCUT2D eigenvalue weighted by Crippen LogP contribution is 2.31. The van der Waals surface area contributed by atoms with E-state index in [0.717, 1.165) is 0 Å². The van der Waals surface area contributed by atoms with Crippen molar-refractivity contribution < 1.29 is 9.15 Å². The number of methoxy groups -OCH3 is 1. The van der Waals surface area contributed by atoms with Gasteiger partial charge < -0.3 is 14.9 Å². The van der Waals surface area contributed by atoms with E-state index >= 15 is 0 Å². The first-order valence-corrected chi connectivity index (χ1v) is 5.42. The number of hydrogen-bond donors (Lipinski definition) is 1. The fourth-order valence-electron chi connectivity index (χ4n) is 1.37. The summed E-state index contributed by atoms with van der Waals surface area (Å²) in [6, 6.07) is 4.88. The van der Waals surface area contributed by atoms with Gasteiger partial charge in [0.05, 0.1) is 18.7 Å². The molecular weight excluding hydrogens is 242 g/mol. The molecule has 2 rings (SSSR count). The van der Waals surface area contributed by atoms with E-state index in [4.69, 9.17) is 26.5 Å². The van der Waals surface area contributed by atoms with Crippen LogP contribution in [0.2, 0.25) is 5.02 Å². The summed E-state index contributed by atoms with van der Waals surface area (Å²) in [7, 11) is 1.57. The fourth-order valence-corrected chi connectivity index (χ4v) is 1.55. The number of hydrogen-bond acceptors (Lipinski definition) is 5. The summed E-state index contributed by atoms with van der Waals surface area (Å²) in [6.45, 7) is 1.77. The third-order valence-electron chi connectivity index (χ3n) is 2.22. The number of nitrogens with zero attached hydrogens (tertiary/aromatic N) is 2. The van der Waals surface area contributed by atoms with Crippen molar-refractivity contribution >= 4 is 11.6 Å². The van der Waals surface area contributed by atoms with Gasteiger partial charge in [0.2, 0.25) is 5.89 Å². The van der Waals surface area contributed by atoms with Gasteiger partial charge in [-0.15, -0.1) is 10.2 Å². The summed E-state index contributed by atoms with van der Waals surface area (Å²) in [4.78, 5) is 0. The number of rotatable bonds is 3. The van der Waals surface area contributed by atoms with Gasteiger partial charge in [0.25, 0.3) is 5.89 Å². The van der Waals surface area contributed by atoms with Crippen molar-refractivity contribution in [2.24, 2.45) is 5.73 Å². The van der Waals surface area contributed by atoms with Crippen LogP contribution in [0.25, 0.3) is 11.5 Å². The second kappa shape index (κ2) is 4.73. The Labute approximate surface area is 104 Å². The molecule has 0 amide bonds. The Kier molecular flexibility index (Phi) is 3.31. The van der Waals surface area contributed by atoms with Gasteiger partial charge in [-0.25, -0.2) is 0 Å². The van der Waals surface area contributed by atoms with E-state index < -0.39 is 0 Å². The van der Waals surface area contributed by atoms with Crippen LogP contribution < -0.4 is 10.5 Å². The van der Waals surface area contributed by atoms with Crippen molar-refractivity contribution in [1.82, 2.24) is 10.2 Å². The topological polar surface area (TPSA) is 74.2 Å². The van der Waals surface area contributed by atoms with Crippen molar-refractivity contribution in [1.29, 1.82) is 0 Å². The highest BCUT2D eigenvalue weighted by Gasteiger charge is 2.15. The third kappa shape index (κ3) is 2.40. The van der Waals surface area contributed by atoms with E-state index in [0.29, 0.717) is 28.1 Å². The van der Waals surface area contributed by atoms with Crippen molar-refractivity contribution in [2.45, 2.75) is 13.0 Å². The number of benzene rings is 1. The van der Waals surface area contributed by atoms with Crippen LogP contribution in [0.5, 0.6) is 5.75 Å². The molecule has 5 nitrogen and oxygen atoms in total. The zero-order chi connectivity index (χ0) is 12.4. The molecule has 1 unspecified atom stereocenters. The van der Waals surface area contributed by atoms with Gasteiger partial charge >= 0.3 is 0 Å². The predicted molar refractivity (Wildman–Crippen MR) is 63.9 cm³/mol. The molecule has 90 valence electrons. The van der Waals surface area contributed by atoms with E-state index in [9.17, 15) is 0 Å². The minimum absolute atomic E-state index is 0.304. The maximum atomic E-state index is 5.92. The molecule has 6 heteroatoms. The van der Waals surface area contributed by atoms with Crippen LogP contribution in [0.15, 0.2) is 22.6 Å². The standard InChI is InChI=1S/C11H12ClN3O2/c1-6(13)10-14-15-11(17-10)8-5-7(12)3-4-9(8)16-2/h3-6H,13H2,1-2H3. The first kappa shape index (κ1) is 11.9. The van der Waals surface area contributed by atoms with E-state index in [1.807, 2.05) is 0 Å². The molecule has 17 heavy (non-hydrogen) atoms. The van der Waals surface area contributed by atoms with Crippen molar-refractivity contribution in [3.8, 4) is 17.2 Å². The Morgan fingerprint density at radius 3 is 2.76 bits per heavy atom. The van der Waals surface area contributed by atoms with Crippen LogP contribution in [0, 0.1) is 0 Å². The normalized spacial score (nSPS) is 12.5. The predicted octanol–water partition coefficient (Wildman–Crippen LogP) is 2.42. The van der Waals surface area contributed by atoms with Crippen molar-refractivity contribution in [2.75, 3.05) is 7.11 Å². The maximum Gasteiger partial charge on any atom is 0.251 e. The van der Waals surface area contributed by atoms with Gasteiger partial charge in [-0.05, 0) is 25.1 Å². The van der Waals surface area contributed by atoms with E-state index in [1.165, 1.54) is 0 Å². The molecule has 0 aliphatic carbocycles. The molecule has 0 aliphatic heterocycles. The molecule has 0 fully saturated rings. The van der Waals surface area contributed by atoms with Crippen LogP contribution in [-0.4, -0.2) is 17.3 Å². The summed E-state index contributed by atoms with van der Waals surface area (Å²) < 4.78 is 10.6. The summed E-state index contributed by atoms with van der Waals surface area (Å²) in [5.74, 6) is 1.34. The molecule has 0 aliphatic rings. The molecular formula is C11H12ClN3O2. The Balaban J connectivity index is 2.47. The lowest BCUT2D eigenvalue weighted by atomic mass is 10.2. The molecule has 0 saturated carbocycles. The summed E-state index contributed by atoms with van der Waals surface area (Å²) in [6.07, 6.45) is 0. The van der Waals surface area contributed by atoms with Gasteiger partial charge in [-0.2, -0.15) is 0 Å². The van der Waals surface area contributed by atoms with E-state index in [-0.39, 0.29) is 6.04 Å². The average molecular weight is 254 g/mol. The Morgan fingerprint density at radius 2 is 2.18 bits per heavy atom. The minimum Gasteiger partial charge on any atom is -0.496 e. The summed E-state index contributed by atoms with van der Waals surface area (Å²) >= 11 is 5.92. The highest BCUT2D eigenvalue weighted by atomic mass is 35.5. The molecule has 0 spiro atoms. The number of aromatic nitrogens is 2. The first-order chi connectivity index (χ1) is 8.11. The Morgan fingerprint density at radius 1 is 1.41 bits per heavy atom. The lowest BCUT2D eigenvalue weighted by Crippen LogP contribution is -2.04. The second-order valence-electron chi connectivity index (χ2n) is 3.58. The summed E-state index contributed by atoms with van der Waals surface area (Å²) in [5.41, 5.74) is 6.30. The lowest BCUT2D eigenvalue weighted by molar-refractivity contribution is 0.412. The number of ether oxygens (including phenoxy) is 1. The molecule has 1 heterocycles. The zero-order valence-corrected chi connectivity index (χ0v) is 10.2. The van der Waals surface area contributed by atoms with Gasteiger partial charge in [0.1, 0.15) is 5.75 Å². The van der Waals surface area contributed by atoms with Gasteiger partial charge in [0.15, 0.2) is 0 Å². The molecule has 1 atom stereocenters. The third-order valence-corrected chi connectivity index (χ3v) is 2.46. The second-order valence-corrected chi connectivity index (χ2v) is 4.02. The first-order valence-electron chi connectivity index (χ1n) is 5.04. The van der Waals surface area contributed by atoms with Crippen LogP contribution >= 0.6 is 11.6 Å². The zero-order valence-electron chi connectivity index (χ0n) is 9.48. The van der Waals surface area contributed by atoms with Crippen molar-refractivity contribution in [3.05, 3.63) is 29.1 Å². The molecule has 0 saturated heterocycles. The van der Waals surface area contributed by atoms with E-state index in [1.54, 1.807) is 32.2 Å². The smallest absolute Gasteiger partial charge is 0.251 e. The average Bonchev–Trinajstić information content (AvgIpc) is 2.78.